The number of benzene rings is 1. The van der Waals surface area contributed by atoms with Crippen LogP contribution in [0.15, 0.2) is 24.3 Å². The van der Waals surface area contributed by atoms with Gasteiger partial charge in [0.2, 0.25) is 0 Å². The highest BCUT2D eigenvalue weighted by Crippen LogP contribution is 2.26. The summed E-state index contributed by atoms with van der Waals surface area (Å²) in [6, 6.07) is 6.93. The Balaban J connectivity index is 0.00000208. The lowest BCUT2D eigenvalue weighted by atomic mass is 10.2. The van der Waals surface area contributed by atoms with Gasteiger partial charge in [0.05, 0.1) is 18.8 Å². The Bertz CT molecular complexity index is 831. The lowest BCUT2D eigenvalue weighted by Crippen LogP contribution is -2.13. The van der Waals surface area contributed by atoms with Gasteiger partial charge in [0.25, 0.3) is 0 Å². The van der Waals surface area contributed by atoms with Crippen LogP contribution in [0.4, 0.5) is 4.39 Å². The van der Waals surface area contributed by atoms with Gasteiger partial charge in [-0.25, -0.2) is 4.39 Å². The molecule has 0 aliphatic rings. The highest BCUT2D eigenvalue weighted by molar-refractivity contribution is 7.19. The van der Waals surface area contributed by atoms with Crippen LogP contribution in [-0.4, -0.2) is 21.5 Å². The third kappa shape index (κ3) is 3.95. The lowest BCUT2D eigenvalue weighted by molar-refractivity contribution is 0.267. The molecule has 0 fully saturated rings. The summed E-state index contributed by atoms with van der Waals surface area (Å²) in [5.41, 5.74) is 3.25. The molecule has 0 bridgehead atoms. The molecule has 0 spiro atoms. The van der Waals surface area contributed by atoms with Crippen LogP contribution in [0.3, 0.4) is 0 Å². The molecule has 1 aromatic carbocycles. The first kappa shape index (κ1) is 18.9. The minimum atomic E-state index is -0.197. The molecule has 0 radical (unpaired) electrons. The van der Waals surface area contributed by atoms with Gasteiger partial charge in [0.15, 0.2) is 0 Å². The number of nitrogens with zero attached hydrogens (tertiary/aromatic N) is 2. The molecular formula is C17H21ClFN3OS. The normalized spacial score (nSPS) is 11.0. The summed E-state index contributed by atoms with van der Waals surface area (Å²) in [5, 5.41) is 17.9. The van der Waals surface area contributed by atoms with E-state index in [1.807, 2.05) is 30.7 Å². The average Bonchev–Trinajstić information content (AvgIpc) is 3.02. The third-order valence-corrected chi connectivity index (χ3v) is 5.09. The summed E-state index contributed by atoms with van der Waals surface area (Å²) < 4.78 is 16.2. The first-order chi connectivity index (χ1) is 11.1. The lowest BCUT2D eigenvalue weighted by Gasteiger charge is -2.05. The quantitative estimate of drug-likeness (QED) is 0.698. The van der Waals surface area contributed by atoms with Crippen LogP contribution in [-0.2, 0) is 19.6 Å². The molecule has 2 heterocycles. The molecule has 24 heavy (non-hydrogen) atoms. The van der Waals surface area contributed by atoms with Crippen LogP contribution in [0, 0.1) is 19.7 Å². The van der Waals surface area contributed by atoms with E-state index in [4.69, 9.17) is 5.11 Å². The van der Waals surface area contributed by atoms with Crippen LogP contribution in [0.1, 0.15) is 21.8 Å². The summed E-state index contributed by atoms with van der Waals surface area (Å²) in [6.45, 7) is 6.09. The van der Waals surface area contributed by atoms with E-state index in [0.29, 0.717) is 6.54 Å². The van der Waals surface area contributed by atoms with Gasteiger partial charge in [0.1, 0.15) is 5.82 Å². The minimum Gasteiger partial charge on any atom is -0.394 e. The second kappa shape index (κ2) is 8.07. The largest absolute Gasteiger partial charge is 0.394 e. The van der Waals surface area contributed by atoms with Crippen LogP contribution in [0.25, 0.3) is 10.1 Å². The zero-order valence-corrected chi connectivity index (χ0v) is 15.3. The standard InChI is InChI=1S/C17H20FN3OS.ClH/c1-11-16(12(2)21(20-11)5-6-22)10-19-9-15-8-13-7-14(18)3-4-17(13)23-15;/h3-4,7-8,19,22H,5-6,9-10H2,1-2H3;1H. The number of fused-ring (bicyclic) bond motifs is 1. The number of aryl methyl sites for hydroxylation is 1. The van der Waals surface area contributed by atoms with E-state index in [1.54, 1.807) is 17.4 Å². The molecule has 7 heteroatoms. The molecule has 0 aliphatic heterocycles. The average molecular weight is 370 g/mol. The fraction of sp³-hybridized carbons (Fsp3) is 0.353. The molecule has 2 aromatic heterocycles. The Labute approximate surface area is 150 Å². The molecule has 0 amide bonds. The fourth-order valence-electron chi connectivity index (χ4n) is 2.77. The fourth-order valence-corrected chi connectivity index (χ4v) is 3.78. The Morgan fingerprint density at radius 1 is 1.25 bits per heavy atom. The molecule has 0 saturated heterocycles. The smallest absolute Gasteiger partial charge is 0.123 e. The molecule has 130 valence electrons. The van der Waals surface area contributed by atoms with E-state index in [2.05, 4.69) is 10.4 Å². The Morgan fingerprint density at radius 2 is 2.04 bits per heavy atom. The van der Waals surface area contributed by atoms with Crippen LogP contribution < -0.4 is 5.32 Å². The van der Waals surface area contributed by atoms with Gasteiger partial charge in [-0.1, -0.05) is 0 Å². The predicted molar refractivity (Wildman–Crippen MR) is 98.4 cm³/mol. The highest BCUT2D eigenvalue weighted by Gasteiger charge is 2.11. The van der Waals surface area contributed by atoms with Crippen LogP contribution >= 0.6 is 23.7 Å². The molecule has 0 atom stereocenters. The number of rotatable bonds is 6. The summed E-state index contributed by atoms with van der Waals surface area (Å²) in [5.74, 6) is -0.197. The topological polar surface area (TPSA) is 50.1 Å². The van der Waals surface area contributed by atoms with Crippen molar-refractivity contribution in [3.8, 4) is 0 Å². The predicted octanol–water partition coefficient (Wildman–Crippen LogP) is 3.56. The van der Waals surface area contributed by atoms with E-state index < -0.39 is 0 Å². The Morgan fingerprint density at radius 3 is 2.79 bits per heavy atom. The maximum Gasteiger partial charge on any atom is 0.123 e. The van der Waals surface area contributed by atoms with Crippen molar-refractivity contribution in [2.75, 3.05) is 6.61 Å². The van der Waals surface area contributed by atoms with Crippen LogP contribution in [0.2, 0.25) is 0 Å². The molecule has 0 unspecified atom stereocenters. The van der Waals surface area contributed by atoms with Crippen molar-refractivity contribution in [1.82, 2.24) is 15.1 Å². The van der Waals surface area contributed by atoms with Crippen molar-refractivity contribution in [3.05, 3.63) is 51.9 Å². The molecule has 2 N–H and O–H groups in total. The molecule has 3 aromatic rings. The number of nitrogens with one attached hydrogen (secondary N) is 1. The summed E-state index contributed by atoms with van der Waals surface area (Å²) in [4.78, 5) is 1.18. The van der Waals surface area contributed by atoms with Gasteiger partial charge in [-0.15, -0.1) is 23.7 Å². The molecule has 3 rings (SSSR count). The second-order valence-electron chi connectivity index (χ2n) is 5.59. The van der Waals surface area contributed by atoms with E-state index >= 15 is 0 Å². The van der Waals surface area contributed by atoms with Crippen molar-refractivity contribution in [3.63, 3.8) is 0 Å². The number of aliphatic hydroxyl groups excluding tert-OH is 1. The zero-order chi connectivity index (χ0) is 16.4. The van der Waals surface area contributed by atoms with Crippen molar-refractivity contribution in [2.24, 2.45) is 0 Å². The molecular weight excluding hydrogens is 349 g/mol. The third-order valence-electron chi connectivity index (χ3n) is 3.97. The van der Waals surface area contributed by atoms with Crippen molar-refractivity contribution >= 4 is 33.8 Å². The number of aromatic nitrogens is 2. The Kier molecular flexibility index (Phi) is 6.34. The van der Waals surface area contributed by atoms with E-state index in [9.17, 15) is 4.39 Å². The number of thiophene rings is 1. The summed E-state index contributed by atoms with van der Waals surface area (Å²) in [6.07, 6.45) is 0. The van der Waals surface area contributed by atoms with Crippen LogP contribution in [0.5, 0.6) is 0 Å². The van der Waals surface area contributed by atoms with Gasteiger partial charge in [-0.3, -0.25) is 4.68 Å². The highest BCUT2D eigenvalue weighted by atomic mass is 35.5. The first-order valence-electron chi connectivity index (χ1n) is 7.61. The van der Waals surface area contributed by atoms with Crippen molar-refractivity contribution < 1.29 is 9.50 Å². The minimum absolute atomic E-state index is 0. The van der Waals surface area contributed by atoms with E-state index in [0.717, 1.165) is 34.6 Å². The summed E-state index contributed by atoms with van der Waals surface area (Å²) in [7, 11) is 0. The van der Waals surface area contributed by atoms with E-state index in [1.165, 1.54) is 16.5 Å². The molecule has 0 saturated carbocycles. The van der Waals surface area contributed by atoms with Gasteiger partial charge in [0, 0.05) is 33.9 Å². The SMILES string of the molecule is Cc1nn(CCO)c(C)c1CNCc1cc2cc(F)ccc2s1.Cl. The van der Waals surface area contributed by atoms with E-state index in [-0.39, 0.29) is 24.8 Å². The number of hydrogen-bond acceptors (Lipinski definition) is 4. The van der Waals surface area contributed by atoms with Crippen molar-refractivity contribution in [2.45, 2.75) is 33.5 Å². The first-order valence-corrected chi connectivity index (χ1v) is 8.42. The van der Waals surface area contributed by atoms with Gasteiger partial charge >= 0.3 is 0 Å². The molecule has 4 nitrogen and oxygen atoms in total. The van der Waals surface area contributed by atoms with Gasteiger partial charge in [-0.2, -0.15) is 5.10 Å². The number of hydrogen-bond donors (Lipinski definition) is 2. The maximum absolute atomic E-state index is 13.2. The Hall–Kier alpha value is -1.47. The summed E-state index contributed by atoms with van der Waals surface area (Å²) >= 11 is 1.68. The van der Waals surface area contributed by atoms with Crippen molar-refractivity contribution in [1.29, 1.82) is 0 Å². The number of aliphatic hydroxyl groups is 1. The molecule has 0 aliphatic carbocycles. The second-order valence-corrected chi connectivity index (χ2v) is 6.76. The zero-order valence-electron chi connectivity index (χ0n) is 13.7. The van der Waals surface area contributed by atoms with Gasteiger partial charge in [-0.05, 0) is 43.5 Å². The number of halogens is 2. The maximum atomic E-state index is 13.2. The monoisotopic (exact) mass is 369 g/mol. The van der Waals surface area contributed by atoms with Gasteiger partial charge < -0.3 is 10.4 Å².